The van der Waals surface area contributed by atoms with Gasteiger partial charge in [0.25, 0.3) is 0 Å². The number of hydrogen-bond acceptors (Lipinski definition) is 1. The molecular formula is C32H66O. The Labute approximate surface area is 211 Å². The minimum atomic E-state index is 0.413. The molecule has 0 aliphatic carbocycles. The summed E-state index contributed by atoms with van der Waals surface area (Å²) >= 11 is 0. The molecule has 0 saturated heterocycles. The van der Waals surface area contributed by atoms with Crippen LogP contribution >= 0.6 is 0 Å². The molecule has 33 heavy (non-hydrogen) atoms. The van der Waals surface area contributed by atoms with Gasteiger partial charge in [0, 0.05) is 6.61 Å². The van der Waals surface area contributed by atoms with Crippen molar-refractivity contribution in [3.05, 3.63) is 0 Å². The zero-order valence-electron chi connectivity index (χ0n) is 23.5. The smallest absolute Gasteiger partial charge is 0.0459 e. The molecular weight excluding hydrogens is 400 g/mol. The maximum Gasteiger partial charge on any atom is 0.0459 e. The Morgan fingerprint density at radius 2 is 0.545 bits per heavy atom. The Morgan fingerprint density at radius 3 is 0.758 bits per heavy atom. The SMILES string of the molecule is CCCCCCCCCCCCCCCCCCC(CO)CCCCCCCCCCCC. The third-order valence-corrected chi connectivity index (χ3v) is 7.69. The molecule has 1 unspecified atom stereocenters. The van der Waals surface area contributed by atoms with E-state index in [4.69, 9.17) is 0 Å². The second-order valence-electron chi connectivity index (χ2n) is 11.1. The molecule has 0 fully saturated rings. The first-order valence-corrected chi connectivity index (χ1v) is 16.0. The van der Waals surface area contributed by atoms with E-state index in [9.17, 15) is 5.11 Å². The molecule has 0 heterocycles. The van der Waals surface area contributed by atoms with Gasteiger partial charge in [0.05, 0.1) is 0 Å². The summed E-state index contributed by atoms with van der Waals surface area (Å²) in [6, 6.07) is 0. The number of aliphatic hydroxyl groups excluding tert-OH is 1. The van der Waals surface area contributed by atoms with E-state index in [2.05, 4.69) is 13.8 Å². The Hall–Kier alpha value is -0.0400. The van der Waals surface area contributed by atoms with Gasteiger partial charge in [-0.3, -0.25) is 0 Å². The second kappa shape index (κ2) is 30.0. The molecule has 0 saturated carbocycles. The summed E-state index contributed by atoms with van der Waals surface area (Å²) in [6.07, 6.45) is 39.6. The summed E-state index contributed by atoms with van der Waals surface area (Å²) in [5.41, 5.74) is 0. The highest BCUT2D eigenvalue weighted by Gasteiger charge is 2.07. The zero-order valence-corrected chi connectivity index (χ0v) is 23.5. The van der Waals surface area contributed by atoms with Gasteiger partial charge in [-0.1, -0.05) is 181 Å². The first-order valence-electron chi connectivity index (χ1n) is 16.0. The molecule has 0 aromatic heterocycles. The van der Waals surface area contributed by atoms with Gasteiger partial charge in [-0.15, -0.1) is 0 Å². The Morgan fingerprint density at radius 1 is 0.333 bits per heavy atom. The van der Waals surface area contributed by atoms with Crippen LogP contribution in [-0.2, 0) is 0 Å². The fraction of sp³-hybridized carbons (Fsp3) is 1.00. The van der Waals surface area contributed by atoms with Crippen LogP contribution in [0.15, 0.2) is 0 Å². The molecule has 1 nitrogen and oxygen atoms in total. The molecule has 1 atom stereocenters. The van der Waals surface area contributed by atoms with Crippen LogP contribution in [0.3, 0.4) is 0 Å². The lowest BCUT2D eigenvalue weighted by Gasteiger charge is -2.13. The van der Waals surface area contributed by atoms with Gasteiger partial charge in [0.2, 0.25) is 0 Å². The normalized spacial score (nSPS) is 12.5. The summed E-state index contributed by atoms with van der Waals surface area (Å²) in [6.45, 7) is 5.00. The number of hydrogen-bond donors (Lipinski definition) is 1. The number of aliphatic hydroxyl groups is 1. The summed E-state index contributed by atoms with van der Waals surface area (Å²) in [5, 5.41) is 9.70. The van der Waals surface area contributed by atoms with Crippen LogP contribution in [0.4, 0.5) is 0 Å². The van der Waals surface area contributed by atoms with Crippen molar-refractivity contribution in [3.8, 4) is 0 Å². The molecule has 0 rings (SSSR count). The van der Waals surface area contributed by atoms with Crippen molar-refractivity contribution in [2.75, 3.05) is 6.61 Å². The highest BCUT2D eigenvalue weighted by atomic mass is 16.3. The summed E-state index contributed by atoms with van der Waals surface area (Å²) < 4.78 is 0. The topological polar surface area (TPSA) is 20.2 Å². The van der Waals surface area contributed by atoms with Crippen molar-refractivity contribution < 1.29 is 5.11 Å². The van der Waals surface area contributed by atoms with E-state index in [1.807, 2.05) is 0 Å². The van der Waals surface area contributed by atoms with Crippen molar-refractivity contribution in [2.24, 2.45) is 5.92 Å². The van der Waals surface area contributed by atoms with Gasteiger partial charge in [0.15, 0.2) is 0 Å². The largest absolute Gasteiger partial charge is 0.396 e. The molecule has 0 spiro atoms. The van der Waals surface area contributed by atoms with Gasteiger partial charge < -0.3 is 5.11 Å². The van der Waals surface area contributed by atoms with Crippen molar-refractivity contribution in [1.29, 1.82) is 0 Å². The van der Waals surface area contributed by atoms with E-state index in [1.165, 1.54) is 180 Å². The second-order valence-corrected chi connectivity index (χ2v) is 11.1. The van der Waals surface area contributed by atoms with Crippen molar-refractivity contribution >= 4 is 0 Å². The van der Waals surface area contributed by atoms with Gasteiger partial charge >= 0.3 is 0 Å². The van der Waals surface area contributed by atoms with Gasteiger partial charge in [0.1, 0.15) is 0 Å². The molecule has 0 aromatic carbocycles. The Kier molecular flexibility index (Phi) is 30.0. The fourth-order valence-electron chi connectivity index (χ4n) is 5.23. The third kappa shape index (κ3) is 28.1. The molecule has 1 N–H and O–H groups in total. The van der Waals surface area contributed by atoms with Crippen LogP contribution in [-0.4, -0.2) is 11.7 Å². The lowest BCUT2D eigenvalue weighted by molar-refractivity contribution is 0.204. The number of rotatable bonds is 29. The summed E-state index contributed by atoms with van der Waals surface area (Å²) in [4.78, 5) is 0. The quantitative estimate of drug-likeness (QED) is 0.109. The van der Waals surface area contributed by atoms with E-state index in [0.717, 1.165) is 0 Å². The molecule has 0 bridgehead atoms. The van der Waals surface area contributed by atoms with Crippen LogP contribution in [0.5, 0.6) is 0 Å². The minimum absolute atomic E-state index is 0.413. The lowest BCUT2D eigenvalue weighted by Crippen LogP contribution is -2.06. The van der Waals surface area contributed by atoms with Crippen LogP contribution in [0.25, 0.3) is 0 Å². The van der Waals surface area contributed by atoms with Gasteiger partial charge in [-0.2, -0.15) is 0 Å². The van der Waals surface area contributed by atoms with E-state index in [-0.39, 0.29) is 0 Å². The van der Waals surface area contributed by atoms with Gasteiger partial charge in [-0.25, -0.2) is 0 Å². The van der Waals surface area contributed by atoms with Gasteiger partial charge in [-0.05, 0) is 18.8 Å². The van der Waals surface area contributed by atoms with E-state index < -0.39 is 0 Å². The highest BCUT2D eigenvalue weighted by Crippen LogP contribution is 2.19. The van der Waals surface area contributed by atoms with Crippen molar-refractivity contribution in [2.45, 2.75) is 194 Å². The average molecular weight is 467 g/mol. The zero-order chi connectivity index (χ0) is 24.1. The maximum atomic E-state index is 9.70. The molecule has 0 aliphatic rings. The van der Waals surface area contributed by atoms with Crippen LogP contribution in [0, 0.1) is 5.92 Å². The fourth-order valence-corrected chi connectivity index (χ4v) is 5.23. The third-order valence-electron chi connectivity index (χ3n) is 7.69. The summed E-state index contributed by atoms with van der Waals surface area (Å²) in [5.74, 6) is 0.575. The monoisotopic (exact) mass is 467 g/mol. The predicted molar refractivity (Wildman–Crippen MR) is 151 cm³/mol. The van der Waals surface area contributed by atoms with E-state index in [0.29, 0.717) is 12.5 Å². The number of unbranched alkanes of at least 4 members (excludes halogenated alkanes) is 24. The maximum absolute atomic E-state index is 9.70. The first kappa shape index (κ1) is 33.0. The lowest BCUT2D eigenvalue weighted by atomic mass is 9.94. The van der Waals surface area contributed by atoms with Crippen LogP contribution in [0.2, 0.25) is 0 Å². The standard InChI is InChI=1S/C32H66O/c1-3-5-7-9-11-13-15-16-17-18-19-20-22-24-26-28-30-32(31-33)29-27-25-23-21-14-12-10-8-6-4-2/h32-33H,3-31H2,1-2H3. The Bertz CT molecular complexity index is 326. The molecule has 0 radical (unpaired) electrons. The van der Waals surface area contributed by atoms with Crippen molar-refractivity contribution in [1.82, 2.24) is 0 Å². The molecule has 0 amide bonds. The molecule has 200 valence electrons. The van der Waals surface area contributed by atoms with E-state index >= 15 is 0 Å². The first-order chi connectivity index (χ1) is 16.3. The Balaban J connectivity index is 3.24. The van der Waals surface area contributed by atoms with Crippen LogP contribution < -0.4 is 0 Å². The predicted octanol–water partition coefficient (Wildman–Crippen LogP) is 11.6. The van der Waals surface area contributed by atoms with Crippen LogP contribution in [0.1, 0.15) is 194 Å². The minimum Gasteiger partial charge on any atom is -0.396 e. The highest BCUT2D eigenvalue weighted by molar-refractivity contribution is 4.60. The van der Waals surface area contributed by atoms with Crippen molar-refractivity contribution in [3.63, 3.8) is 0 Å². The van der Waals surface area contributed by atoms with E-state index in [1.54, 1.807) is 0 Å². The molecule has 0 aliphatic heterocycles. The average Bonchev–Trinajstić information content (AvgIpc) is 2.83. The molecule has 1 heteroatoms. The molecule has 0 aromatic rings. The summed E-state index contributed by atoms with van der Waals surface area (Å²) in [7, 11) is 0.